The number of rotatable bonds is 6. The fourth-order valence-electron chi connectivity index (χ4n) is 0.720. The first-order valence-electron chi connectivity index (χ1n) is 3.94. The largest absolute Gasteiger partial charge is 0.481 e. The Morgan fingerprint density at radius 2 is 2.15 bits per heavy atom. The van der Waals surface area contributed by atoms with E-state index in [1.54, 1.807) is 0 Å². The van der Waals surface area contributed by atoms with Gasteiger partial charge in [0.1, 0.15) is 0 Å². The molecule has 0 heterocycles. The van der Waals surface area contributed by atoms with Crippen LogP contribution in [0.4, 0.5) is 0 Å². The van der Waals surface area contributed by atoms with E-state index >= 15 is 0 Å². The van der Waals surface area contributed by atoms with Crippen molar-refractivity contribution in [2.75, 3.05) is 12.3 Å². The first-order chi connectivity index (χ1) is 6.07. The molecule has 0 aromatic heterocycles. The quantitative estimate of drug-likeness (QED) is 0.429. The topological polar surface area (TPSA) is 92.4 Å². The number of carboxylic acid groups (broad SMARTS) is 1. The first kappa shape index (κ1) is 12.2. The number of hydrogen-bond donors (Lipinski definition) is 4. The number of nitrogens with two attached hydrogens (primary N) is 1. The normalized spacial score (nSPS) is 12.2. The fourth-order valence-corrected chi connectivity index (χ4v) is 0.832. The van der Waals surface area contributed by atoms with Crippen molar-refractivity contribution in [2.24, 2.45) is 5.73 Å². The fraction of sp³-hybridized carbons (Fsp3) is 0.714. The molecule has 0 aromatic carbocycles. The van der Waals surface area contributed by atoms with Crippen molar-refractivity contribution in [3.05, 3.63) is 0 Å². The molecule has 1 atom stereocenters. The van der Waals surface area contributed by atoms with Gasteiger partial charge in [-0.3, -0.25) is 9.59 Å². The van der Waals surface area contributed by atoms with Crippen molar-refractivity contribution in [3.8, 4) is 0 Å². The minimum Gasteiger partial charge on any atom is -0.481 e. The Kier molecular flexibility index (Phi) is 6.34. The van der Waals surface area contributed by atoms with Crippen molar-refractivity contribution in [1.29, 1.82) is 0 Å². The summed E-state index contributed by atoms with van der Waals surface area (Å²) in [6.07, 6.45) is 0.0726. The number of thiol groups is 1. The van der Waals surface area contributed by atoms with Gasteiger partial charge in [0.05, 0.1) is 6.04 Å². The average molecular weight is 206 g/mol. The van der Waals surface area contributed by atoms with Gasteiger partial charge in [0.25, 0.3) is 0 Å². The second-order valence-electron chi connectivity index (χ2n) is 2.55. The monoisotopic (exact) mass is 206 g/mol. The maximum atomic E-state index is 11.1. The molecule has 0 fully saturated rings. The Morgan fingerprint density at radius 3 is 2.62 bits per heavy atom. The molecule has 0 aromatic rings. The van der Waals surface area contributed by atoms with E-state index in [0.717, 1.165) is 0 Å². The van der Waals surface area contributed by atoms with Crippen LogP contribution >= 0.6 is 12.6 Å². The lowest BCUT2D eigenvalue weighted by Gasteiger charge is -2.09. The van der Waals surface area contributed by atoms with Gasteiger partial charge in [-0.05, 0) is 6.42 Å². The van der Waals surface area contributed by atoms with Gasteiger partial charge in [-0.1, -0.05) is 0 Å². The molecule has 1 unspecified atom stereocenters. The Morgan fingerprint density at radius 1 is 1.54 bits per heavy atom. The van der Waals surface area contributed by atoms with Crippen LogP contribution in [0.5, 0.6) is 0 Å². The number of carbonyl (C=O) groups excluding carboxylic acids is 1. The smallest absolute Gasteiger partial charge is 0.303 e. The van der Waals surface area contributed by atoms with Crippen molar-refractivity contribution in [1.82, 2.24) is 5.32 Å². The van der Waals surface area contributed by atoms with Gasteiger partial charge < -0.3 is 16.2 Å². The van der Waals surface area contributed by atoms with Gasteiger partial charge in [-0.25, -0.2) is 0 Å². The number of carboxylic acids is 1. The molecule has 1 amide bonds. The first-order valence-corrected chi connectivity index (χ1v) is 4.57. The van der Waals surface area contributed by atoms with Gasteiger partial charge >= 0.3 is 5.97 Å². The molecular formula is C7H14N2O3S. The standard InChI is InChI=1S/C7H14N2O3S/c8-5(1-2-6(10)11)7(12)9-3-4-13/h5,13H,1-4,8H2,(H,9,12)(H,10,11). The molecule has 13 heavy (non-hydrogen) atoms. The van der Waals surface area contributed by atoms with Crippen LogP contribution in [0.25, 0.3) is 0 Å². The third kappa shape index (κ3) is 6.41. The molecule has 4 N–H and O–H groups in total. The van der Waals surface area contributed by atoms with Crippen molar-refractivity contribution < 1.29 is 14.7 Å². The van der Waals surface area contributed by atoms with E-state index in [1.807, 2.05) is 0 Å². The van der Waals surface area contributed by atoms with Crippen LogP contribution in [0.3, 0.4) is 0 Å². The lowest BCUT2D eigenvalue weighted by molar-refractivity contribution is -0.137. The Hall–Kier alpha value is -0.750. The molecule has 0 radical (unpaired) electrons. The highest BCUT2D eigenvalue weighted by Crippen LogP contribution is 1.94. The molecule has 76 valence electrons. The highest BCUT2D eigenvalue weighted by atomic mass is 32.1. The SMILES string of the molecule is NC(CCC(=O)O)C(=O)NCCS. The third-order valence-corrected chi connectivity index (χ3v) is 1.64. The van der Waals surface area contributed by atoms with Crippen LogP contribution in [0.2, 0.25) is 0 Å². The van der Waals surface area contributed by atoms with Crippen molar-refractivity contribution >= 4 is 24.5 Å². The van der Waals surface area contributed by atoms with Gasteiger partial charge in [0.15, 0.2) is 0 Å². The van der Waals surface area contributed by atoms with Crippen molar-refractivity contribution in [2.45, 2.75) is 18.9 Å². The Labute approximate surface area is 82.1 Å². The van der Waals surface area contributed by atoms with Gasteiger partial charge in [0, 0.05) is 18.7 Å². The molecule has 0 bridgehead atoms. The maximum absolute atomic E-state index is 11.1. The van der Waals surface area contributed by atoms with E-state index in [0.29, 0.717) is 12.3 Å². The van der Waals surface area contributed by atoms with E-state index in [4.69, 9.17) is 10.8 Å². The van der Waals surface area contributed by atoms with Gasteiger partial charge in [-0.15, -0.1) is 0 Å². The second kappa shape index (κ2) is 6.73. The zero-order valence-corrected chi connectivity index (χ0v) is 8.09. The summed E-state index contributed by atoms with van der Waals surface area (Å²) in [6, 6.07) is -0.740. The summed E-state index contributed by atoms with van der Waals surface area (Å²) in [5, 5.41) is 10.8. The zero-order chi connectivity index (χ0) is 10.3. The lowest BCUT2D eigenvalue weighted by atomic mass is 10.1. The van der Waals surface area contributed by atoms with Crippen LogP contribution in [0.1, 0.15) is 12.8 Å². The predicted molar refractivity (Wildman–Crippen MR) is 51.7 cm³/mol. The number of amides is 1. The van der Waals surface area contributed by atoms with Crippen LogP contribution < -0.4 is 11.1 Å². The molecule has 6 heteroatoms. The lowest BCUT2D eigenvalue weighted by Crippen LogP contribution is -2.41. The summed E-state index contributed by atoms with van der Waals surface area (Å²) in [5.41, 5.74) is 5.41. The molecule has 0 saturated heterocycles. The van der Waals surface area contributed by atoms with Crippen molar-refractivity contribution in [3.63, 3.8) is 0 Å². The van der Waals surface area contributed by atoms with Gasteiger partial charge in [0.2, 0.25) is 5.91 Å². The zero-order valence-electron chi connectivity index (χ0n) is 7.19. The average Bonchev–Trinajstić information content (AvgIpc) is 2.10. The van der Waals surface area contributed by atoms with Gasteiger partial charge in [-0.2, -0.15) is 12.6 Å². The third-order valence-electron chi connectivity index (χ3n) is 1.42. The van der Waals surface area contributed by atoms with E-state index in [1.165, 1.54) is 0 Å². The van der Waals surface area contributed by atoms with E-state index < -0.39 is 12.0 Å². The summed E-state index contributed by atoms with van der Waals surface area (Å²) >= 11 is 3.90. The Bertz CT molecular complexity index is 187. The van der Waals surface area contributed by atoms with Crippen LogP contribution in [0.15, 0.2) is 0 Å². The van der Waals surface area contributed by atoms with Crippen LogP contribution in [0, 0.1) is 0 Å². The molecule has 0 saturated carbocycles. The summed E-state index contributed by atoms with van der Waals surface area (Å²) < 4.78 is 0. The molecule has 0 rings (SSSR count). The summed E-state index contributed by atoms with van der Waals surface area (Å²) in [4.78, 5) is 21.2. The second-order valence-corrected chi connectivity index (χ2v) is 3.00. The number of aliphatic carboxylic acids is 1. The molecule has 0 aliphatic heterocycles. The summed E-state index contributed by atoms with van der Waals surface area (Å²) in [6.45, 7) is 0.447. The number of nitrogens with one attached hydrogen (secondary N) is 1. The predicted octanol–water partition coefficient (Wildman–Crippen LogP) is -0.775. The van der Waals surface area contributed by atoms with Crippen LogP contribution in [-0.4, -0.2) is 35.3 Å². The molecule has 5 nitrogen and oxygen atoms in total. The highest BCUT2D eigenvalue weighted by molar-refractivity contribution is 7.80. The highest BCUT2D eigenvalue weighted by Gasteiger charge is 2.13. The molecular weight excluding hydrogens is 192 g/mol. The van der Waals surface area contributed by atoms with E-state index in [9.17, 15) is 9.59 Å². The maximum Gasteiger partial charge on any atom is 0.303 e. The molecule has 0 aliphatic rings. The number of hydrogen-bond acceptors (Lipinski definition) is 4. The molecule has 0 aliphatic carbocycles. The molecule has 0 spiro atoms. The Balaban J connectivity index is 3.62. The number of carbonyl (C=O) groups is 2. The van der Waals surface area contributed by atoms with E-state index in [2.05, 4.69) is 17.9 Å². The minimum absolute atomic E-state index is 0.0878. The summed E-state index contributed by atoms with van der Waals surface area (Å²) in [7, 11) is 0. The summed E-state index contributed by atoms with van der Waals surface area (Å²) in [5.74, 6) is -0.732. The van der Waals surface area contributed by atoms with Crippen LogP contribution in [-0.2, 0) is 9.59 Å². The van der Waals surface area contributed by atoms with E-state index in [-0.39, 0.29) is 18.7 Å². The minimum atomic E-state index is -0.947.